The number of hydrogen-bond acceptors (Lipinski definition) is 4. The van der Waals surface area contributed by atoms with Crippen molar-refractivity contribution in [2.75, 3.05) is 33.2 Å². The molecule has 32 heavy (non-hydrogen) atoms. The maximum Gasteiger partial charge on any atom is 0.244 e. The summed E-state index contributed by atoms with van der Waals surface area (Å²) < 4.78 is 40.7. The highest BCUT2D eigenvalue weighted by Gasteiger charge is 2.27. The van der Waals surface area contributed by atoms with Gasteiger partial charge < -0.3 is 9.88 Å². The Morgan fingerprint density at radius 3 is 2.62 bits per heavy atom. The number of H-pyrrole nitrogens is 1. The Morgan fingerprint density at radius 2 is 1.91 bits per heavy atom. The van der Waals surface area contributed by atoms with Crippen molar-refractivity contribution < 1.29 is 12.8 Å². The van der Waals surface area contributed by atoms with Gasteiger partial charge in [0.1, 0.15) is 16.5 Å². The molecule has 0 amide bonds. The standard InChI is InChI=1S/C22H25Cl2FN4O2S/c1-14-11-21(18(24)13-17(14)23)32(30,31)28(2)9-10-29-7-5-15(6-8-29)22-26-19-4-3-16(25)12-20(19)27-22/h3-4,11-13,15H,5-10H2,1-2H3,(H,26,27). The smallest absolute Gasteiger partial charge is 0.244 e. The third-order valence-corrected chi connectivity index (χ3v) is 8.80. The summed E-state index contributed by atoms with van der Waals surface area (Å²) in [4.78, 5) is 10.2. The first-order chi connectivity index (χ1) is 15.1. The third kappa shape index (κ3) is 4.79. The van der Waals surface area contributed by atoms with Gasteiger partial charge in [0.05, 0.1) is 16.1 Å². The molecule has 1 fully saturated rings. The van der Waals surface area contributed by atoms with E-state index in [0.29, 0.717) is 29.2 Å². The summed E-state index contributed by atoms with van der Waals surface area (Å²) in [5.41, 5.74) is 2.15. The lowest BCUT2D eigenvalue weighted by molar-refractivity contribution is 0.201. The van der Waals surface area contributed by atoms with Gasteiger partial charge in [-0.1, -0.05) is 23.2 Å². The summed E-state index contributed by atoms with van der Waals surface area (Å²) in [5.74, 6) is 0.883. The molecule has 0 radical (unpaired) electrons. The van der Waals surface area contributed by atoms with Gasteiger partial charge in [-0.25, -0.2) is 17.8 Å². The number of imidazole rings is 1. The van der Waals surface area contributed by atoms with E-state index in [1.54, 1.807) is 20.0 Å². The van der Waals surface area contributed by atoms with Crippen molar-refractivity contribution in [1.82, 2.24) is 19.2 Å². The van der Waals surface area contributed by atoms with Crippen LogP contribution < -0.4 is 0 Å². The molecule has 0 atom stereocenters. The molecule has 1 saturated heterocycles. The Balaban J connectivity index is 1.34. The van der Waals surface area contributed by atoms with Gasteiger partial charge >= 0.3 is 0 Å². The SMILES string of the molecule is Cc1cc(S(=O)(=O)N(C)CCN2CCC(c3nc4ccc(F)cc4[nH]3)CC2)c(Cl)cc1Cl. The summed E-state index contributed by atoms with van der Waals surface area (Å²) in [6, 6.07) is 7.55. The number of likely N-dealkylation sites (tertiary alicyclic amines) is 1. The average molecular weight is 499 g/mol. The predicted octanol–water partition coefficient (Wildman–Crippen LogP) is 4.82. The molecule has 0 bridgehead atoms. The summed E-state index contributed by atoms with van der Waals surface area (Å²) in [5, 5.41) is 0.563. The molecule has 172 valence electrons. The van der Waals surface area contributed by atoms with Gasteiger partial charge in [0.25, 0.3) is 0 Å². The number of sulfonamides is 1. The Kier molecular flexibility index (Phi) is 6.79. The minimum absolute atomic E-state index is 0.0728. The molecule has 1 N–H and O–H groups in total. The number of nitrogens with one attached hydrogen (secondary N) is 1. The van der Waals surface area contributed by atoms with Crippen LogP contribution in [0.25, 0.3) is 11.0 Å². The second-order valence-corrected chi connectivity index (χ2v) is 11.1. The molecule has 1 aromatic heterocycles. The molecule has 6 nitrogen and oxygen atoms in total. The number of likely N-dealkylation sites (N-methyl/N-ethyl adjacent to an activating group) is 1. The zero-order chi connectivity index (χ0) is 23.0. The van der Waals surface area contributed by atoms with Crippen molar-refractivity contribution in [3.8, 4) is 0 Å². The monoisotopic (exact) mass is 498 g/mol. The Morgan fingerprint density at radius 1 is 1.19 bits per heavy atom. The molecule has 0 saturated carbocycles. The van der Waals surface area contributed by atoms with E-state index in [2.05, 4.69) is 14.9 Å². The lowest BCUT2D eigenvalue weighted by atomic mass is 9.96. The average Bonchev–Trinajstić information content (AvgIpc) is 3.18. The minimum atomic E-state index is -3.71. The largest absolute Gasteiger partial charge is 0.342 e. The molecule has 2 heterocycles. The Bertz CT molecular complexity index is 1240. The summed E-state index contributed by atoms with van der Waals surface area (Å²) in [6.45, 7) is 4.41. The van der Waals surface area contributed by atoms with Crippen LogP contribution in [-0.2, 0) is 10.0 Å². The van der Waals surface area contributed by atoms with Gasteiger partial charge in [-0.3, -0.25) is 0 Å². The van der Waals surface area contributed by atoms with E-state index in [-0.39, 0.29) is 21.7 Å². The maximum absolute atomic E-state index is 13.4. The van der Waals surface area contributed by atoms with Gasteiger partial charge in [-0.05, 0) is 68.8 Å². The lowest BCUT2D eigenvalue weighted by Gasteiger charge is -2.32. The molecule has 0 spiro atoms. The summed E-state index contributed by atoms with van der Waals surface area (Å²) >= 11 is 12.2. The van der Waals surface area contributed by atoms with E-state index >= 15 is 0 Å². The van der Waals surface area contributed by atoms with Crippen molar-refractivity contribution in [3.63, 3.8) is 0 Å². The molecule has 1 aliphatic rings. The molecular weight excluding hydrogens is 474 g/mol. The maximum atomic E-state index is 13.4. The number of fused-ring (bicyclic) bond motifs is 1. The van der Waals surface area contributed by atoms with Crippen molar-refractivity contribution in [2.24, 2.45) is 0 Å². The van der Waals surface area contributed by atoms with E-state index in [4.69, 9.17) is 23.2 Å². The fourth-order valence-electron chi connectivity index (χ4n) is 4.02. The van der Waals surface area contributed by atoms with Gasteiger partial charge in [-0.2, -0.15) is 4.31 Å². The highest BCUT2D eigenvalue weighted by Crippen LogP contribution is 2.30. The Labute approximate surface area is 197 Å². The molecule has 0 aliphatic carbocycles. The number of halogens is 3. The van der Waals surface area contributed by atoms with Crippen molar-refractivity contribution in [3.05, 3.63) is 57.6 Å². The highest BCUT2D eigenvalue weighted by molar-refractivity contribution is 7.89. The van der Waals surface area contributed by atoms with Crippen LogP contribution in [0.1, 0.15) is 30.1 Å². The van der Waals surface area contributed by atoms with Gasteiger partial charge in [0, 0.05) is 31.1 Å². The van der Waals surface area contributed by atoms with Crippen LogP contribution in [0.4, 0.5) is 4.39 Å². The van der Waals surface area contributed by atoms with E-state index in [1.807, 2.05) is 0 Å². The van der Waals surface area contributed by atoms with Crippen LogP contribution in [0.3, 0.4) is 0 Å². The van der Waals surface area contributed by atoms with Crippen LogP contribution in [0.5, 0.6) is 0 Å². The molecule has 0 unspecified atom stereocenters. The predicted molar refractivity (Wildman–Crippen MR) is 125 cm³/mol. The number of nitrogens with zero attached hydrogens (tertiary/aromatic N) is 3. The third-order valence-electron chi connectivity index (χ3n) is 6.07. The highest BCUT2D eigenvalue weighted by atomic mass is 35.5. The molecule has 2 aromatic carbocycles. The number of hydrogen-bond donors (Lipinski definition) is 1. The summed E-state index contributed by atoms with van der Waals surface area (Å²) in [6.07, 6.45) is 1.81. The second kappa shape index (κ2) is 9.27. The molecule has 3 aromatic rings. The normalized spacial score (nSPS) is 16.3. The van der Waals surface area contributed by atoms with Crippen molar-refractivity contribution in [2.45, 2.75) is 30.6 Å². The molecule has 1 aliphatic heterocycles. The topological polar surface area (TPSA) is 69.3 Å². The number of aromatic amines is 1. The lowest BCUT2D eigenvalue weighted by Crippen LogP contribution is -2.40. The van der Waals surface area contributed by atoms with Crippen LogP contribution in [0.2, 0.25) is 10.0 Å². The molecule has 10 heteroatoms. The van der Waals surface area contributed by atoms with E-state index in [1.165, 1.54) is 28.6 Å². The van der Waals surface area contributed by atoms with Gasteiger partial charge in [0.15, 0.2) is 0 Å². The minimum Gasteiger partial charge on any atom is -0.342 e. The molecule has 4 rings (SSSR count). The van der Waals surface area contributed by atoms with E-state index < -0.39 is 10.0 Å². The molecular formula is C22H25Cl2FN4O2S. The first kappa shape index (κ1) is 23.4. The van der Waals surface area contributed by atoms with Crippen molar-refractivity contribution in [1.29, 1.82) is 0 Å². The van der Waals surface area contributed by atoms with Crippen LogP contribution in [-0.4, -0.2) is 60.8 Å². The number of rotatable bonds is 6. The zero-order valence-corrected chi connectivity index (χ0v) is 20.2. The first-order valence-electron chi connectivity index (χ1n) is 10.4. The quantitative estimate of drug-likeness (QED) is 0.528. The van der Waals surface area contributed by atoms with Crippen LogP contribution in [0, 0.1) is 12.7 Å². The second-order valence-electron chi connectivity index (χ2n) is 8.26. The first-order valence-corrected chi connectivity index (χ1v) is 12.6. The zero-order valence-electron chi connectivity index (χ0n) is 17.9. The fourth-order valence-corrected chi connectivity index (χ4v) is 5.99. The van der Waals surface area contributed by atoms with Gasteiger partial charge in [0.2, 0.25) is 10.0 Å². The number of benzene rings is 2. The van der Waals surface area contributed by atoms with Gasteiger partial charge in [-0.15, -0.1) is 0 Å². The number of aryl methyl sites for hydroxylation is 1. The number of piperidine rings is 1. The fraction of sp³-hybridized carbons (Fsp3) is 0.409. The Hall–Kier alpha value is -1.71. The van der Waals surface area contributed by atoms with E-state index in [9.17, 15) is 12.8 Å². The van der Waals surface area contributed by atoms with Crippen molar-refractivity contribution >= 4 is 44.3 Å². The van der Waals surface area contributed by atoms with Crippen LogP contribution in [0.15, 0.2) is 35.2 Å². The summed E-state index contributed by atoms with van der Waals surface area (Å²) in [7, 11) is -2.15. The van der Waals surface area contributed by atoms with Crippen LogP contribution >= 0.6 is 23.2 Å². The number of aromatic nitrogens is 2. The van der Waals surface area contributed by atoms with E-state index in [0.717, 1.165) is 37.3 Å².